The van der Waals surface area contributed by atoms with E-state index in [0.717, 1.165) is 16.3 Å². The average Bonchev–Trinajstić information content (AvgIpc) is 2.39. The molecule has 0 saturated heterocycles. The van der Waals surface area contributed by atoms with Crippen LogP contribution in [0.4, 0.5) is 0 Å². The molecular formula is C14H11BrO3. The van der Waals surface area contributed by atoms with Crippen LogP contribution in [-0.4, -0.2) is 11.4 Å². The number of hydrogen-bond acceptors (Lipinski definition) is 3. The van der Waals surface area contributed by atoms with Crippen LogP contribution in [0.5, 0.6) is 11.5 Å². The van der Waals surface area contributed by atoms with Crippen molar-refractivity contribution in [3.63, 3.8) is 0 Å². The Bertz CT molecular complexity index is 549. The third-order valence-electron chi connectivity index (χ3n) is 2.42. The number of phenolic OH excluding ortho intramolecular Hbond substituents is 1. The fourth-order valence-corrected chi connectivity index (χ4v) is 1.97. The molecule has 0 aliphatic rings. The lowest BCUT2D eigenvalue weighted by Crippen LogP contribution is -1.96. The number of carbonyl (C=O) groups is 1. The minimum Gasteiger partial charge on any atom is -0.508 e. The number of halogens is 1. The van der Waals surface area contributed by atoms with Gasteiger partial charge in [0.2, 0.25) is 0 Å². The second-order valence-electron chi connectivity index (χ2n) is 3.76. The highest BCUT2D eigenvalue weighted by Gasteiger charge is 2.03. The zero-order valence-electron chi connectivity index (χ0n) is 9.47. The summed E-state index contributed by atoms with van der Waals surface area (Å²) in [6, 6.07) is 12.0. The van der Waals surface area contributed by atoms with Crippen LogP contribution in [0, 0.1) is 0 Å². The van der Waals surface area contributed by atoms with Gasteiger partial charge in [0.1, 0.15) is 24.4 Å². The highest BCUT2D eigenvalue weighted by molar-refractivity contribution is 9.10. The molecule has 2 aromatic rings. The van der Waals surface area contributed by atoms with Gasteiger partial charge in [-0.25, -0.2) is 0 Å². The van der Waals surface area contributed by atoms with E-state index in [1.807, 2.05) is 0 Å². The number of ether oxygens (including phenoxy) is 1. The Labute approximate surface area is 113 Å². The highest BCUT2D eigenvalue weighted by atomic mass is 79.9. The number of benzene rings is 2. The van der Waals surface area contributed by atoms with Crippen LogP contribution in [0.3, 0.4) is 0 Å². The first-order valence-electron chi connectivity index (χ1n) is 5.34. The van der Waals surface area contributed by atoms with Crippen LogP contribution in [0.25, 0.3) is 0 Å². The lowest BCUT2D eigenvalue weighted by molar-refractivity contribution is 0.112. The second-order valence-corrected chi connectivity index (χ2v) is 4.62. The third-order valence-corrected chi connectivity index (χ3v) is 3.04. The Balaban J connectivity index is 2.06. The van der Waals surface area contributed by atoms with E-state index in [2.05, 4.69) is 15.9 Å². The molecule has 92 valence electrons. The van der Waals surface area contributed by atoms with Crippen LogP contribution < -0.4 is 4.74 Å². The van der Waals surface area contributed by atoms with E-state index in [1.165, 1.54) is 0 Å². The Morgan fingerprint density at radius 2 is 1.89 bits per heavy atom. The van der Waals surface area contributed by atoms with Crippen LogP contribution in [-0.2, 0) is 6.61 Å². The summed E-state index contributed by atoms with van der Waals surface area (Å²) in [7, 11) is 0. The minimum absolute atomic E-state index is 0.232. The fraction of sp³-hybridized carbons (Fsp3) is 0.0714. The molecule has 0 radical (unpaired) electrons. The molecule has 0 aliphatic carbocycles. The van der Waals surface area contributed by atoms with E-state index in [9.17, 15) is 4.79 Å². The zero-order chi connectivity index (χ0) is 13.0. The quantitative estimate of drug-likeness (QED) is 0.879. The molecule has 0 unspecified atom stereocenters. The fourth-order valence-electron chi connectivity index (χ4n) is 1.46. The van der Waals surface area contributed by atoms with Crippen LogP contribution >= 0.6 is 15.9 Å². The number of hydrogen-bond donors (Lipinski definition) is 1. The van der Waals surface area contributed by atoms with Gasteiger partial charge in [-0.2, -0.15) is 0 Å². The van der Waals surface area contributed by atoms with Gasteiger partial charge < -0.3 is 9.84 Å². The normalized spacial score (nSPS) is 10.1. The summed E-state index contributed by atoms with van der Waals surface area (Å²) in [5, 5.41) is 9.16. The van der Waals surface area contributed by atoms with Gasteiger partial charge in [0.25, 0.3) is 0 Å². The van der Waals surface area contributed by atoms with Gasteiger partial charge in [-0.1, -0.05) is 12.1 Å². The Morgan fingerprint density at radius 3 is 2.50 bits per heavy atom. The number of aromatic hydroxyl groups is 1. The van der Waals surface area contributed by atoms with Gasteiger partial charge in [-0.3, -0.25) is 4.79 Å². The molecule has 0 aromatic heterocycles. The lowest BCUT2D eigenvalue weighted by Gasteiger charge is -2.08. The first-order valence-corrected chi connectivity index (χ1v) is 6.14. The van der Waals surface area contributed by atoms with E-state index in [4.69, 9.17) is 9.84 Å². The van der Waals surface area contributed by atoms with E-state index in [1.54, 1.807) is 42.5 Å². The molecule has 0 aliphatic heterocycles. The van der Waals surface area contributed by atoms with Gasteiger partial charge in [-0.15, -0.1) is 0 Å². The number of rotatable bonds is 4. The molecule has 0 heterocycles. The molecule has 4 heteroatoms. The van der Waals surface area contributed by atoms with Crippen molar-refractivity contribution >= 4 is 22.2 Å². The van der Waals surface area contributed by atoms with Gasteiger partial charge in [0.15, 0.2) is 0 Å². The Hall–Kier alpha value is -1.81. The molecule has 0 spiro atoms. The number of phenols is 1. The first-order chi connectivity index (χ1) is 8.69. The van der Waals surface area contributed by atoms with E-state index in [-0.39, 0.29) is 5.75 Å². The standard InChI is InChI=1S/C14H11BrO3/c15-13-7-11(8-16)3-6-14(13)18-9-10-1-4-12(17)5-2-10/h1-8,17H,9H2. The van der Waals surface area contributed by atoms with Gasteiger partial charge in [0.05, 0.1) is 4.47 Å². The molecule has 0 fully saturated rings. The molecule has 0 saturated carbocycles. The first kappa shape index (κ1) is 12.6. The van der Waals surface area contributed by atoms with Crippen molar-refractivity contribution in [2.45, 2.75) is 6.61 Å². The predicted octanol–water partition coefficient (Wildman–Crippen LogP) is 3.55. The molecule has 0 bridgehead atoms. The summed E-state index contributed by atoms with van der Waals surface area (Å²) in [6.45, 7) is 0.402. The lowest BCUT2D eigenvalue weighted by atomic mass is 10.2. The third kappa shape index (κ3) is 3.11. The summed E-state index contributed by atoms with van der Waals surface area (Å²) in [5.41, 5.74) is 1.55. The van der Waals surface area contributed by atoms with Gasteiger partial charge in [-0.05, 0) is 51.8 Å². The molecule has 1 N–H and O–H groups in total. The molecular weight excluding hydrogens is 296 g/mol. The van der Waals surface area contributed by atoms with E-state index < -0.39 is 0 Å². The Morgan fingerprint density at radius 1 is 1.17 bits per heavy atom. The second kappa shape index (κ2) is 5.69. The van der Waals surface area contributed by atoms with Crippen molar-refractivity contribution in [1.82, 2.24) is 0 Å². The summed E-state index contributed by atoms with van der Waals surface area (Å²) in [4.78, 5) is 10.6. The number of aldehydes is 1. The smallest absolute Gasteiger partial charge is 0.150 e. The molecule has 3 nitrogen and oxygen atoms in total. The molecule has 18 heavy (non-hydrogen) atoms. The van der Waals surface area contributed by atoms with Crippen molar-refractivity contribution in [3.8, 4) is 11.5 Å². The largest absolute Gasteiger partial charge is 0.508 e. The van der Waals surface area contributed by atoms with Crippen LogP contribution in [0.15, 0.2) is 46.9 Å². The zero-order valence-corrected chi connectivity index (χ0v) is 11.1. The SMILES string of the molecule is O=Cc1ccc(OCc2ccc(O)cc2)c(Br)c1. The molecule has 0 atom stereocenters. The molecule has 2 aromatic carbocycles. The Kier molecular flexibility index (Phi) is 3.99. The highest BCUT2D eigenvalue weighted by Crippen LogP contribution is 2.26. The summed E-state index contributed by atoms with van der Waals surface area (Å²) >= 11 is 3.35. The van der Waals surface area contributed by atoms with E-state index in [0.29, 0.717) is 17.9 Å². The summed E-state index contributed by atoms with van der Waals surface area (Å²) in [6.07, 6.45) is 0.786. The van der Waals surface area contributed by atoms with Gasteiger partial charge >= 0.3 is 0 Å². The maximum atomic E-state index is 10.6. The van der Waals surface area contributed by atoms with Crippen LogP contribution in [0.1, 0.15) is 15.9 Å². The minimum atomic E-state index is 0.232. The topological polar surface area (TPSA) is 46.5 Å². The maximum absolute atomic E-state index is 10.6. The van der Waals surface area contributed by atoms with Crippen molar-refractivity contribution in [2.24, 2.45) is 0 Å². The summed E-state index contributed by atoms with van der Waals surface area (Å²) < 4.78 is 6.36. The summed E-state index contributed by atoms with van der Waals surface area (Å²) in [5.74, 6) is 0.906. The molecule has 0 amide bonds. The molecule has 2 rings (SSSR count). The number of carbonyl (C=O) groups excluding carboxylic acids is 1. The van der Waals surface area contributed by atoms with Gasteiger partial charge in [0, 0.05) is 5.56 Å². The van der Waals surface area contributed by atoms with E-state index >= 15 is 0 Å². The van der Waals surface area contributed by atoms with Crippen molar-refractivity contribution in [2.75, 3.05) is 0 Å². The monoisotopic (exact) mass is 306 g/mol. The van der Waals surface area contributed by atoms with Crippen molar-refractivity contribution < 1.29 is 14.6 Å². The maximum Gasteiger partial charge on any atom is 0.150 e. The average molecular weight is 307 g/mol. The van der Waals surface area contributed by atoms with Crippen molar-refractivity contribution in [3.05, 3.63) is 58.1 Å². The van der Waals surface area contributed by atoms with Crippen LogP contribution in [0.2, 0.25) is 0 Å². The predicted molar refractivity (Wildman–Crippen MR) is 72.0 cm³/mol. The van der Waals surface area contributed by atoms with Crippen molar-refractivity contribution in [1.29, 1.82) is 0 Å².